The van der Waals surface area contributed by atoms with E-state index in [2.05, 4.69) is 17.3 Å². The minimum absolute atomic E-state index is 0.0565. The summed E-state index contributed by atoms with van der Waals surface area (Å²) < 4.78 is 0. The van der Waals surface area contributed by atoms with Crippen molar-refractivity contribution in [2.24, 2.45) is 5.92 Å². The largest absolute Gasteiger partial charge is 0.352 e. The third-order valence-corrected chi connectivity index (χ3v) is 4.57. The average Bonchev–Trinajstić information content (AvgIpc) is 2.92. The lowest BCUT2D eigenvalue weighted by Crippen LogP contribution is -2.35. The molecule has 0 aliphatic carbocycles. The van der Waals surface area contributed by atoms with E-state index in [4.69, 9.17) is 0 Å². The molecule has 96 valence electrons. The molecule has 0 radical (unpaired) electrons. The van der Waals surface area contributed by atoms with Crippen LogP contribution in [0.5, 0.6) is 0 Å². The van der Waals surface area contributed by atoms with Crippen LogP contribution in [0.15, 0.2) is 30.3 Å². The molecule has 0 spiro atoms. The quantitative estimate of drug-likeness (QED) is 0.880. The third kappa shape index (κ3) is 2.03. The van der Waals surface area contributed by atoms with Gasteiger partial charge in [-0.2, -0.15) is 0 Å². The summed E-state index contributed by atoms with van der Waals surface area (Å²) in [6, 6.07) is 10.9. The molecule has 2 fully saturated rings. The standard InChI is InChI=1S/C15H20N2O/c1-17-13-7-8-14(17)12(9-13)10-16-15(18)11-5-3-2-4-6-11/h2-6,12-14H,7-10H2,1H3,(H,16,18)/t12-,13+,14-/m1/s1. The SMILES string of the molecule is CN1[C@H]2CC[C@@H]1[C@@H](CNC(=O)c1ccccc1)C2. The number of amides is 1. The molecule has 2 heterocycles. The van der Waals surface area contributed by atoms with Crippen LogP contribution in [0.2, 0.25) is 0 Å². The van der Waals surface area contributed by atoms with Crippen LogP contribution < -0.4 is 5.32 Å². The Bertz CT molecular complexity index is 431. The second-order valence-electron chi connectivity index (χ2n) is 5.54. The number of carbonyl (C=O) groups is 1. The van der Waals surface area contributed by atoms with E-state index in [-0.39, 0.29) is 5.91 Å². The third-order valence-electron chi connectivity index (χ3n) is 4.57. The van der Waals surface area contributed by atoms with E-state index >= 15 is 0 Å². The molecule has 3 nitrogen and oxygen atoms in total. The lowest BCUT2D eigenvalue weighted by Gasteiger charge is -2.21. The van der Waals surface area contributed by atoms with Crippen LogP contribution in [-0.2, 0) is 0 Å². The smallest absolute Gasteiger partial charge is 0.251 e. The summed E-state index contributed by atoms with van der Waals surface area (Å²) >= 11 is 0. The minimum Gasteiger partial charge on any atom is -0.352 e. The molecule has 2 aliphatic heterocycles. The summed E-state index contributed by atoms with van der Waals surface area (Å²) in [5, 5.41) is 3.08. The Balaban J connectivity index is 1.55. The van der Waals surface area contributed by atoms with E-state index in [0.717, 1.165) is 18.2 Å². The molecule has 0 unspecified atom stereocenters. The van der Waals surface area contributed by atoms with Crippen LogP contribution in [0.3, 0.4) is 0 Å². The van der Waals surface area contributed by atoms with Crippen molar-refractivity contribution in [3.8, 4) is 0 Å². The molecule has 18 heavy (non-hydrogen) atoms. The lowest BCUT2D eigenvalue weighted by atomic mass is 9.89. The molecule has 0 aromatic heterocycles. The molecule has 1 N–H and O–H groups in total. The fraction of sp³-hybridized carbons (Fsp3) is 0.533. The average molecular weight is 244 g/mol. The first kappa shape index (κ1) is 11.7. The van der Waals surface area contributed by atoms with Crippen molar-refractivity contribution >= 4 is 5.91 Å². The van der Waals surface area contributed by atoms with Crippen molar-refractivity contribution in [2.45, 2.75) is 31.3 Å². The van der Waals surface area contributed by atoms with Crippen LogP contribution in [0, 0.1) is 5.92 Å². The second kappa shape index (κ2) is 4.73. The zero-order chi connectivity index (χ0) is 12.5. The summed E-state index contributed by atoms with van der Waals surface area (Å²) in [4.78, 5) is 14.5. The Labute approximate surface area is 108 Å². The highest BCUT2D eigenvalue weighted by Crippen LogP contribution is 2.39. The number of fused-ring (bicyclic) bond motifs is 2. The summed E-state index contributed by atoms with van der Waals surface area (Å²) in [7, 11) is 2.22. The Hall–Kier alpha value is -1.35. The first-order chi connectivity index (χ1) is 8.75. The highest BCUT2D eigenvalue weighted by Gasteiger charge is 2.43. The number of benzene rings is 1. The van der Waals surface area contributed by atoms with Gasteiger partial charge in [-0.25, -0.2) is 0 Å². The van der Waals surface area contributed by atoms with E-state index in [1.807, 2.05) is 30.3 Å². The van der Waals surface area contributed by atoms with Crippen LogP contribution >= 0.6 is 0 Å². The molecule has 2 bridgehead atoms. The maximum atomic E-state index is 12.0. The zero-order valence-corrected chi connectivity index (χ0v) is 10.8. The molecule has 2 aliphatic rings. The van der Waals surface area contributed by atoms with Crippen molar-refractivity contribution in [1.82, 2.24) is 10.2 Å². The van der Waals surface area contributed by atoms with Crippen LogP contribution in [0.4, 0.5) is 0 Å². The Morgan fingerprint density at radius 2 is 2.11 bits per heavy atom. The van der Waals surface area contributed by atoms with Gasteiger partial charge < -0.3 is 10.2 Å². The van der Waals surface area contributed by atoms with Gasteiger partial charge in [-0.1, -0.05) is 18.2 Å². The van der Waals surface area contributed by atoms with E-state index in [1.54, 1.807) is 0 Å². The summed E-state index contributed by atoms with van der Waals surface area (Å²) in [6.45, 7) is 0.819. The molecule has 1 aromatic carbocycles. The maximum Gasteiger partial charge on any atom is 0.251 e. The van der Waals surface area contributed by atoms with E-state index in [9.17, 15) is 4.79 Å². The summed E-state index contributed by atoms with van der Waals surface area (Å²) in [6.07, 6.45) is 3.88. The normalized spacial score (nSPS) is 30.6. The fourth-order valence-corrected chi connectivity index (χ4v) is 3.53. The minimum atomic E-state index is 0.0565. The molecule has 3 heteroatoms. The van der Waals surface area contributed by atoms with Crippen molar-refractivity contribution in [1.29, 1.82) is 0 Å². The van der Waals surface area contributed by atoms with Gasteiger partial charge in [0.05, 0.1) is 0 Å². The van der Waals surface area contributed by atoms with Gasteiger partial charge >= 0.3 is 0 Å². The number of hydrogen-bond acceptors (Lipinski definition) is 2. The van der Waals surface area contributed by atoms with Crippen LogP contribution in [0.1, 0.15) is 29.6 Å². The summed E-state index contributed by atoms with van der Waals surface area (Å²) in [5.41, 5.74) is 0.758. The van der Waals surface area contributed by atoms with Gasteiger partial charge in [0.25, 0.3) is 5.91 Å². The molecular weight excluding hydrogens is 224 g/mol. The maximum absolute atomic E-state index is 12.0. The molecule has 1 aromatic rings. The zero-order valence-electron chi connectivity index (χ0n) is 10.8. The highest BCUT2D eigenvalue weighted by molar-refractivity contribution is 5.94. The number of nitrogens with zero attached hydrogens (tertiary/aromatic N) is 1. The highest BCUT2D eigenvalue weighted by atomic mass is 16.1. The fourth-order valence-electron chi connectivity index (χ4n) is 3.53. The van der Waals surface area contributed by atoms with Crippen molar-refractivity contribution in [3.63, 3.8) is 0 Å². The van der Waals surface area contributed by atoms with Crippen molar-refractivity contribution in [2.75, 3.05) is 13.6 Å². The van der Waals surface area contributed by atoms with Crippen LogP contribution in [0.25, 0.3) is 0 Å². The van der Waals surface area contributed by atoms with Gasteiger partial charge in [0.2, 0.25) is 0 Å². The van der Waals surface area contributed by atoms with Crippen molar-refractivity contribution < 1.29 is 4.79 Å². The van der Waals surface area contributed by atoms with E-state index in [0.29, 0.717) is 12.0 Å². The first-order valence-electron chi connectivity index (χ1n) is 6.81. The molecule has 1 amide bonds. The van der Waals surface area contributed by atoms with Gasteiger partial charge in [-0.15, -0.1) is 0 Å². The Morgan fingerprint density at radius 3 is 2.72 bits per heavy atom. The summed E-state index contributed by atoms with van der Waals surface area (Å²) in [5.74, 6) is 0.697. The Morgan fingerprint density at radius 1 is 1.33 bits per heavy atom. The van der Waals surface area contributed by atoms with Gasteiger partial charge in [-0.05, 0) is 44.4 Å². The Kier molecular flexibility index (Phi) is 3.08. The predicted molar refractivity (Wildman–Crippen MR) is 71.5 cm³/mol. The molecule has 3 rings (SSSR count). The topological polar surface area (TPSA) is 32.3 Å². The lowest BCUT2D eigenvalue weighted by molar-refractivity contribution is 0.0943. The number of hydrogen-bond donors (Lipinski definition) is 1. The van der Waals surface area contributed by atoms with Gasteiger partial charge in [0.1, 0.15) is 0 Å². The predicted octanol–water partition coefficient (Wildman–Crippen LogP) is 1.90. The van der Waals surface area contributed by atoms with Crippen molar-refractivity contribution in [3.05, 3.63) is 35.9 Å². The molecule has 3 atom stereocenters. The van der Waals surface area contributed by atoms with Gasteiger partial charge in [0, 0.05) is 24.2 Å². The molecule has 0 saturated carbocycles. The molecule has 2 saturated heterocycles. The molecular formula is C15H20N2O. The number of carbonyl (C=O) groups excluding carboxylic acids is 1. The van der Waals surface area contributed by atoms with E-state index in [1.165, 1.54) is 19.3 Å². The first-order valence-corrected chi connectivity index (χ1v) is 6.81. The monoisotopic (exact) mass is 244 g/mol. The second-order valence-corrected chi connectivity index (χ2v) is 5.54. The number of rotatable bonds is 3. The van der Waals surface area contributed by atoms with Gasteiger partial charge in [-0.3, -0.25) is 4.79 Å². The van der Waals surface area contributed by atoms with E-state index < -0.39 is 0 Å². The van der Waals surface area contributed by atoms with Gasteiger partial charge in [0.15, 0.2) is 0 Å². The number of nitrogens with one attached hydrogen (secondary N) is 1. The van der Waals surface area contributed by atoms with Crippen LogP contribution in [-0.4, -0.2) is 36.5 Å².